The summed E-state index contributed by atoms with van der Waals surface area (Å²) in [6.45, 7) is 4.59. The molecule has 1 aromatic rings. The zero-order valence-electron chi connectivity index (χ0n) is 11.6. The van der Waals surface area contributed by atoms with Crippen LogP contribution in [0.1, 0.15) is 18.1 Å². The molecule has 1 aromatic carbocycles. The van der Waals surface area contributed by atoms with E-state index >= 15 is 0 Å². The SMILES string of the molecule is Cc1cc(S(=O)(=O)Cl)c(C)cc1OC(C)C(=O)NC(N)=O. The highest BCUT2D eigenvalue weighted by atomic mass is 35.7. The van der Waals surface area contributed by atoms with Crippen LogP contribution in [0.25, 0.3) is 0 Å². The number of amides is 3. The maximum atomic E-state index is 11.5. The predicted octanol–water partition coefficient (Wildman–Crippen LogP) is 1.19. The van der Waals surface area contributed by atoms with Crippen molar-refractivity contribution in [2.75, 3.05) is 0 Å². The van der Waals surface area contributed by atoms with Crippen molar-refractivity contribution in [3.05, 3.63) is 23.3 Å². The summed E-state index contributed by atoms with van der Waals surface area (Å²) in [6, 6.07) is 1.83. The fourth-order valence-corrected chi connectivity index (χ4v) is 2.88. The average Bonchev–Trinajstić information content (AvgIpc) is 2.30. The van der Waals surface area contributed by atoms with Gasteiger partial charge in [0.15, 0.2) is 6.10 Å². The van der Waals surface area contributed by atoms with E-state index in [2.05, 4.69) is 0 Å². The first-order valence-electron chi connectivity index (χ1n) is 5.85. The Bertz CT molecular complexity index is 687. The van der Waals surface area contributed by atoms with Crippen LogP contribution in [0, 0.1) is 13.8 Å². The van der Waals surface area contributed by atoms with E-state index in [1.807, 2.05) is 5.32 Å². The van der Waals surface area contributed by atoms with E-state index in [-0.39, 0.29) is 4.90 Å². The number of halogens is 1. The first-order chi connectivity index (χ1) is 9.52. The van der Waals surface area contributed by atoms with Crippen molar-refractivity contribution in [3.8, 4) is 5.75 Å². The molecule has 116 valence electrons. The summed E-state index contributed by atoms with van der Waals surface area (Å²) in [5, 5.41) is 1.89. The molecule has 21 heavy (non-hydrogen) atoms. The first kappa shape index (κ1) is 17.3. The van der Waals surface area contributed by atoms with Crippen LogP contribution in [-0.4, -0.2) is 26.5 Å². The molecule has 0 aliphatic carbocycles. The van der Waals surface area contributed by atoms with Crippen molar-refractivity contribution < 1.29 is 22.7 Å². The fourth-order valence-electron chi connectivity index (χ4n) is 1.62. The lowest BCUT2D eigenvalue weighted by Gasteiger charge is -2.16. The Morgan fingerprint density at radius 2 is 1.86 bits per heavy atom. The second-order valence-electron chi connectivity index (χ2n) is 4.43. The van der Waals surface area contributed by atoms with Crippen molar-refractivity contribution >= 4 is 31.7 Å². The molecule has 7 nitrogen and oxygen atoms in total. The minimum Gasteiger partial charge on any atom is -0.481 e. The van der Waals surface area contributed by atoms with Gasteiger partial charge in [-0.25, -0.2) is 13.2 Å². The lowest BCUT2D eigenvalue weighted by Crippen LogP contribution is -2.42. The zero-order valence-corrected chi connectivity index (χ0v) is 13.2. The van der Waals surface area contributed by atoms with E-state index in [0.29, 0.717) is 16.9 Å². The van der Waals surface area contributed by atoms with Crippen LogP contribution in [0.15, 0.2) is 17.0 Å². The van der Waals surface area contributed by atoms with Gasteiger partial charge in [-0.1, -0.05) is 0 Å². The molecule has 1 unspecified atom stereocenters. The van der Waals surface area contributed by atoms with E-state index in [1.54, 1.807) is 13.8 Å². The predicted molar refractivity (Wildman–Crippen MR) is 76.8 cm³/mol. The molecule has 1 rings (SSSR count). The highest BCUT2D eigenvalue weighted by Crippen LogP contribution is 2.28. The van der Waals surface area contributed by atoms with E-state index in [0.717, 1.165) is 0 Å². The van der Waals surface area contributed by atoms with Gasteiger partial charge in [-0.05, 0) is 44.0 Å². The highest BCUT2D eigenvalue weighted by molar-refractivity contribution is 8.13. The third kappa shape index (κ3) is 4.61. The van der Waals surface area contributed by atoms with Crippen LogP contribution in [-0.2, 0) is 13.8 Å². The number of urea groups is 1. The van der Waals surface area contributed by atoms with Crippen LogP contribution in [0.5, 0.6) is 5.75 Å². The number of aryl methyl sites for hydroxylation is 2. The summed E-state index contributed by atoms with van der Waals surface area (Å²) < 4.78 is 28.2. The second-order valence-corrected chi connectivity index (χ2v) is 6.97. The summed E-state index contributed by atoms with van der Waals surface area (Å²) in [7, 11) is 1.46. The van der Waals surface area contributed by atoms with Gasteiger partial charge >= 0.3 is 6.03 Å². The first-order valence-corrected chi connectivity index (χ1v) is 8.16. The zero-order chi connectivity index (χ0) is 16.4. The van der Waals surface area contributed by atoms with Crippen LogP contribution < -0.4 is 15.8 Å². The summed E-state index contributed by atoms with van der Waals surface area (Å²) in [4.78, 5) is 22.1. The minimum absolute atomic E-state index is 0.0248. The second kappa shape index (κ2) is 6.31. The van der Waals surface area contributed by atoms with Crippen LogP contribution in [0.4, 0.5) is 4.79 Å². The number of hydrogen-bond donors (Lipinski definition) is 2. The number of rotatable bonds is 4. The minimum atomic E-state index is -3.86. The van der Waals surface area contributed by atoms with Crippen LogP contribution in [0.2, 0.25) is 0 Å². The highest BCUT2D eigenvalue weighted by Gasteiger charge is 2.20. The standard InChI is InChI=1S/C12H15ClN2O5S/c1-6-5-10(21(13,18)19)7(2)4-9(6)20-8(3)11(16)15-12(14)17/h4-5,8H,1-3H3,(H3,14,15,16,17). The largest absolute Gasteiger partial charge is 0.481 e. The molecule has 0 radical (unpaired) electrons. The maximum absolute atomic E-state index is 11.5. The molecule has 0 spiro atoms. The van der Waals surface area contributed by atoms with Gasteiger partial charge in [0.25, 0.3) is 15.0 Å². The molecule has 3 N–H and O–H groups in total. The average molecular weight is 335 g/mol. The van der Waals surface area contributed by atoms with Crippen molar-refractivity contribution in [2.45, 2.75) is 31.8 Å². The number of benzene rings is 1. The Morgan fingerprint density at radius 1 is 1.29 bits per heavy atom. The van der Waals surface area contributed by atoms with Gasteiger partial charge in [-0.3, -0.25) is 10.1 Å². The lowest BCUT2D eigenvalue weighted by atomic mass is 10.1. The molecule has 0 saturated heterocycles. The molecule has 0 fully saturated rings. The summed E-state index contributed by atoms with van der Waals surface area (Å²) in [5.41, 5.74) is 5.71. The number of carbonyl (C=O) groups excluding carboxylic acids is 2. The Kier molecular flexibility index (Phi) is 5.19. The number of carbonyl (C=O) groups is 2. The van der Waals surface area contributed by atoms with Crippen molar-refractivity contribution in [1.29, 1.82) is 0 Å². The Balaban J connectivity index is 3.03. The van der Waals surface area contributed by atoms with Gasteiger partial charge in [0.2, 0.25) is 0 Å². The summed E-state index contributed by atoms with van der Waals surface area (Å²) in [6.07, 6.45) is -0.978. The van der Waals surface area contributed by atoms with Crippen molar-refractivity contribution in [2.24, 2.45) is 5.73 Å². The third-order valence-electron chi connectivity index (χ3n) is 2.65. The number of nitrogens with one attached hydrogen (secondary N) is 1. The van der Waals surface area contributed by atoms with Gasteiger partial charge < -0.3 is 10.5 Å². The molecule has 0 saturated carbocycles. The van der Waals surface area contributed by atoms with E-state index in [9.17, 15) is 18.0 Å². The molecule has 1 atom stereocenters. The van der Waals surface area contributed by atoms with Crippen LogP contribution in [0.3, 0.4) is 0 Å². The molecule has 9 heteroatoms. The van der Waals surface area contributed by atoms with Gasteiger partial charge in [0, 0.05) is 10.7 Å². The molecule has 0 aliphatic rings. The molecule has 3 amide bonds. The molecule has 0 heterocycles. The Hall–Kier alpha value is -1.80. The van der Waals surface area contributed by atoms with Gasteiger partial charge in [-0.2, -0.15) is 0 Å². The van der Waals surface area contributed by atoms with Gasteiger partial charge in [0.1, 0.15) is 5.75 Å². The molecule has 0 aromatic heterocycles. The normalized spacial score (nSPS) is 12.6. The fraction of sp³-hybridized carbons (Fsp3) is 0.333. The Labute approximate surface area is 126 Å². The van der Waals surface area contributed by atoms with E-state index in [1.165, 1.54) is 19.1 Å². The topological polar surface area (TPSA) is 116 Å². The van der Waals surface area contributed by atoms with E-state index in [4.69, 9.17) is 21.2 Å². The number of nitrogens with two attached hydrogens (primary N) is 1. The molecular formula is C12H15ClN2O5S. The van der Waals surface area contributed by atoms with Gasteiger partial charge in [0.05, 0.1) is 4.90 Å². The van der Waals surface area contributed by atoms with Crippen molar-refractivity contribution in [1.82, 2.24) is 5.32 Å². The monoisotopic (exact) mass is 334 g/mol. The molecule has 0 bridgehead atoms. The van der Waals surface area contributed by atoms with E-state index < -0.39 is 27.1 Å². The van der Waals surface area contributed by atoms with Gasteiger partial charge in [-0.15, -0.1) is 0 Å². The Morgan fingerprint density at radius 3 is 2.33 bits per heavy atom. The van der Waals surface area contributed by atoms with Crippen molar-refractivity contribution in [3.63, 3.8) is 0 Å². The maximum Gasteiger partial charge on any atom is 0.318 e. The third-order valence-corrected chi connectivity index (χ3v) is 4.12. The quantitative estimate of drug-likeness (QED) is 0.802. The number of primary amides is 1. The number of hydrogen-bond acceptors (Lipinski definition) is 5. The molecule has 0 aliphatic heterocycles. The smallest absolute Gasteiger partial charge is 0.318 e. The lowest BCUT2D eigenvalue weighted by molar-refractivity contribution is -0.126. The summed E-state index contributed by atoms with van der Waals surface area (Å²) in [5.74, 6) is -0.391. The molecular weight excluding hydrogens is 320 g/mol. The number of imide groups is 1. The summed E-state index contributed by atoms with van der Waals surface area (Å²) >= 11 is 0. The van der Waals surface area contributed by atoms with Crippen LogP contribution >= 0.6 is 10.7 Å². The number of ether oxygens (including phenoxy) is 1.